The number of aliphatic hydroxyl groups is 1. The Balaban J connectivity index is 1.92. The number of hydrogen-bond donors (Lipinski definition) is 2. The van der Waals surface area contributed by atoms with Crippen LogP contribution in [0.5, 0.6) is 0 Å². The Morgan fingerprint density at radius 2 is 1.90 bits per heavy atom. The van der Waals surface area contributed by atoms with E-state index < -0.39 is 0 Å². The number of aliphatic hydroxyl groups excluding tert-OH is 1. The van der Waals surface area contributed by atoms with Crippen LogP contribution in [0.3, 0.4) is 0 Å². The summed E-state index contributed by atoms with van der Waals surface area (Å²) in [5.41, 5.74) is 1.97. The van der Waals surface area contributed by atoms with Gasteiger partial charge in [-0.3, -0.25) is 4.98 Å². The SMILES string of the molecule is O=C(NCc1cccnc1)N(CCO)Cc1ccccc1. The van der Waals surface area contributed by atoms with Gasteiger partial charge in [-0.2, -0.15) is 0 Å². The Kier molecular flexibility index (Phi) is 5.72. The van der Waals surface area contributed by atoms with E-state index in [1.54, 1.807) is 17.3 Å². The molecular formula is C16H19N3O2. The number of hydrogen-bond acceptors (Lipinski definition) is 3. The summed E-state index contributed by atoms with van der Waals surface area (Å²) in [5, 5.41) is 12.0. The number of urea groups is 1. The molecule has 5 heteroatoms. The first kappa shape index (κ1) is 15.0. The second-order valence-electron chi connectivity index (χ2n) is 4.65. The predicted octanol–water partition coefficient (Wildman–Crippen LogP) is 1.79. The van der Waals surface area contributed by atoms with Crippen molar-refractivity contribution in [1.82, 2.24) is 15.2 Å². The average molecular weight is 285 g/mol. The summed E-state index contributed by atoms with van der Waals surface area (Å²) in [7, 11) is 0. The molecule has 0 bridgehead atoms. The number of amides is 2. The van der Waals surface area contributed by atoms with Gasteiger partial charge in [0.05, 0.1) is 6.61 Å². The Hall–Kier alpha value is -2.40. The first-order chi connectivity index (χ1) is 10.3. The summed E-state index contributed by atoms with van der Waals surface area (Å²) < 4.78 is 0. The van der Waals surface area contributed by atoms with Crippen LogP contribution in [-0.4, -0.2) is 34.2 Å². The third-order valence-corrected chi connectivity index (χ3v) is 3.04. The highest BCUT2D eigenvalue weighted by Gasteiger charge is 2.12. The van der Waals surface area contributed by atoms with Gasteiger partial charge in [-0.25, -0.2) is 4.79 Å². The molecule has 0 saturated heterocycles. The number of nitrogens with zero attached hydrogens (tertiary/aromatic N) is 2. The van der Waals surface area contributed by atoms with Crippen LogP contribution < -0.4 is 5.32 Å². The van der Waals surface area contributed by atoms with E-state index >= 15 is 0 Å². The quantitative estimate of drug-likeness (QED) is 0.850. The molecule has 0 spiro atoms. The van der Waals surface area contributed by atoms with Gasteiger partial charge < -0.3 is 15.3 Å². The second-order valence-corrected chi connectivity index (χ2v) is 4.65. The number of nitrogens with one attached hydrogen (secondary N) is 1. The molecule has 1 aromatic carbocycles. The molecule has 2 aromatic rings. The van der Waals surface area contributed by atoms with Crippen LogP contribution in [-0.2, 0) is 13.1 Å². The van der Waals surface area contributed by atoms with Crippen LogP contribution in [0.15, 0.2) is 54.9 Å². The first-order valence-electron chi connectivity index (χ1n) is 6.86. The monoisotopic (exact) mass is 285 g/mol. The van der Waals surface area contributed by atoms with Crippen LogP contribution >= 0.6 is 0 Å². The van der Waals surface area contributed by atoms with Crippen molar-refractivity contribution in [3.8, 4) is 0 Å². The molecule has 110 valence electrons. The molecule has 1 heterocycles. The molecule has 0 aliphatic carbocycles. The van der Waals surface area contributed by atoms with E-state index in [1.807, 2.05) is 42.5 Å². The van der Waals surface area contributed by atoms with Crippen LogP contribution in [0.4, 0.5) is 4.79 Å². The maximum absolute atomic E-state index is 12.2. The molecule has 1 aromatic heterocycles. The lowest BCUT2D eigenvalue weighted by molar-refractivity contribution is 0.173. The van der Waals surface area contributed by atoms with E-state index in [9.17, 15) is 4.79 Å². The third kappa shape index (κ3) is 4.89. The normalized spacial score (nSPS) is 10.1. The zero-order valence-electron chi connectivity index (χ0n) is 11.8. The standard InChI is InChI=1S/C16H19N3O2/c20-10-9-19(13-14-5-2-1-3-6-14)16(21)18-12-15-7-4-8-17-11-15/h1-8,11,20H,9-10,12-13H2,(H,18,21). The smallest absolute Gasteiger partial charge is 0.318 e. The summed E-state index contributed by atoms with van der Waals surface area (Å²) in [5.74, 6) is 0. The molecule has 0 fully saturated rings. The number of rotatable bonds is 6. The molecule has 2 amide bonds. The fraction of sp³-hybridized carbons (Fsp3) is 0.250. The summed E-state index contributed by atoms with van der Waals surface area (Å²) in [4.78, 5) is 17.8. The molecule has 5 nitrogen and oxygen atoms in total. The molecule has 2 rings (SSSR count). The summed E-state index contributed by atoms with van der Waals surface area (Å²) in [6, 6.07) is 13.2. The number of carbonyl (C=O) groups excluding carboxylic acids is 1. The zero-order chi connectivity index (χ0) is 14.9. The zero-order valence-corrected chi connectivity index (χ0v) is 11.8. The van der Waals surface area contributed by atoms with E-state index in [1.165, 1.54) is 0 Å². The average Bonchev–Trinajstić information content (AvgIpc) is 2.54. The van der Waals surface area contributed by atoms with Gasteiger partial charge in [0, 0.05) is 32.0 Å². The molecule has 0 saturated carbocycles. The molecule has 21 heavy (non-hydrogen) atoms. The minimum absolute atomic E-state index is 0.0624. The van der Waals surface area contributed by atoms with Crippen LogP contribution in [0.25, 0.3) is 0 Å². The highest BCUT2D eigenvalue weighted by Crippen LogP contribution is 2.05. The largest absolute Gasteiger partial charge is 0.395 e. The van der Waals surface area contributed by atoms with Gasteiger partial charge in [0.1, 0.15) is 0 Å². The molecular weight excluding hydrogens is 266 g/mol. The fourth-order valence-corrected chi connectivity index (χ4v) is 1.97. The maximum atomic E-state index is 12.2. The van der Waals surface area contributed by atoms with Crippen molar-refractivity contribution in [3.05, 3.63) is 66.0 Å². The molecule has 2 N–H and O–H groups in total. The lowest BCUT2D eigenvalue weighted by Gasteiger charge is -2.22. The van der Waals surface area contributed by atoms with E-state index in [2.05, 4.69) is 10.3 Å². The molecule has 0 unspecified atom stereocenters. The van der Waals surface area contributed by atoms with Crippen molar-refractivity contribution in [2.45, 2.75) is 13.1 Å². The topological polar surface area (TPSA) is 65.5 Å². The summed E-state index contributed by atoms with van der Waals surface area (Å²) >= 11 is 0. The van der Waals surface area contributed by atoms with Gasteiger partial charge in [-0.15, -0.1) is 0 Å². The lowest BCUT2D eigenvalue weighted by atomic mass is 10.2. The maximum Gasteiger partial charge on any atom is 0.318 e. The molecule has 0 aliphatic heterocycles. The Labute approximate surface area is 124 Å². The lowest BCUT2D eigenvalue weighted by Crippen LogP contribution is -2.40. The van der Waals surface area contributed by atoms with Crippen molar-refractivity contribution >= 4 is 6.03 Å². The van der Waals surface area contributed by atoms with Crippen molar-refractivity contribution in [1.29, 1.82) is 0 Å². The Morgan fingerprint density at radius 3 is 2.57 bits per heavy atom. The van der Waals surface area contributed by atoms with Gasteiger partial charge in [-0.1, -0.05) is 36.4 Å². The predicted molar refractivity (Wildman–Crippen MR) is 80.4 cm³/mol. The molecule has 0 atom stereocenters. The minimum Gasteiger partial charge on any atom is -0.395 e. The Bertz CT molecular complexity index is 546. The van der Waals surface area contributed by atoms with E-state index in [0.29, 0.717) is 19.6 Å². The van der Waals surface area contributed by atoms with Crippen molar-refractivity contribution in [2.75, 3.05) is 13.2 Å². The van der Waals surface area contributed by atoms with Crippen LogP contribution in [0.2, 0.25) is 0 Å². The first-order valence-corrected chi connectivity index (χ1v) is 6.86. The van der Waals surface area contributed by atoms with Gasteiger partial charge in [0.15, 0.2) is 0 Å². The molecule has 0 aliphatic rings. The van der Waals surface area contributed by atoms with Crippen LogP contribution in [0, 0.1) is 0 Å². The Morgan fingerprint density at radius 1 is 1.14 bits per heavy atom. The van der Waals surface area contributed by atoms with E-state index in [-0.39, 0.29) is 12.6 Å². The number of benzene rings is 1. The second kappa shape index (κ2) is 8.01. The van der Waals surface area contributed by atoms with Crippen LogP contribution in [0.1, 0.15) is 11.1 Å². The van der Waals surface area contributed by atoms with Crippen molar-refractivity contribution in [3.63, 3.8) is 0 Å². The van der Waals surface area contributed by atoms with Crippen molar-refractivity contribution < 1.29 is 9.90 Å². The number of carbonyl (C=O) groups is 1. The van der Waals surface area contributed by atoms with E-state index in [0.717, 1.165) is 11.1 Å². The van der Waals surface area contributed by atoms with E-state index in [4.69, 9.17) is 5.11 Å². The third-order valence-electron chi connectivity index (χ3n) is 3.04. The van der Waals surface area contributed by atoms with Gasteiger partial charge in [-0.05, 0) is 17.2 Å². The number of pyridine rings is 1. The highest BCUT2D eigenvalue weighted by atomic mass is 16.3. The van der Waals surface area contributed by atoms with Crippen molar-refractivity contribution in [2.24, 2.45) is 0 Å². The minimum atomic E-state index is -0.197. The fourth-order valence-electron chi connectivity index (χ4n) is 1.97. The summed E-state index contributed by atoms with van der Waals surface area (Å²) in [6.07, 6.45) is 3.41. The highest BCUT2D eigenvalue weighted by molar-refractivity contribution is 5.74. The summed E-state index contributed by atoms with van der Waals surface area (Å²) in [6.45, 7) is 1.13. The molecule has 0 radical (unpaired) electrons. The van der Waals surface area contributed by atoms with Gasteiger partial charge in [0.2, 0.25) is 0 Å². The number of aromatic nitrogens is 1. The van der Waals surface area contributed by atoms with Gasteiger partial charge in [0.25, 0.3) is 0 Å². The van der Waals surface area contributed by atoms with Gasteiger partial charge >= 0.3 is 6.03 Å².